The third-order valence-corrected chi connectivity index (χ3v) is 14.2. The Hall–Kier alpha value is -7.07. The van der Waals surface area contributed by atoms with E-state index in [1.54, 1.807) is 16.8 Å². The lowest BCUT2D eigenvalue weighted by Gasteiger charge is -2.43. The van der Waals surface area contributed by atoms with Gasteiger partial charge in [-0.3, -0.25) is 14.6 Å². The number of allylic oxidation sites excluding steroid dienone is 2. The fourth-order valence-electron chi connectivity index (χ4n) is 10.0. The Kier molecular flexibility index (Phi) is 11.7. The van der Waals surface area contributed by atoms with Gasteiger partial charge in [-0.25, -0.2) is 13.9 Å². The Morgan fingerprint density at radius 3 is 2.09 bits per heavy atom. The van der Waals surface area contributed by atoms with Crippen molar-refractivity contribution >= 4 is 34.5 Å². The van der Waals surface area contributed by atoms with Crippen LogP contribution in [0.25, 0.3) is 27.8 Å². The van der Waals surface area contributed by atoms with Crippen LogP contribution < -0.4 is 14.7 Å². The number of anilines is 3. The number of piperazine rings is 2. The van der Waals surface area contributed by atoms with E-state index < -0.39 is 0 Å². The fourth-order valence-corrected chi connectivity index (χ4v) is 10.0. The number of carbonyl (C=O) groups is 2. The van der Waals surface area contributed by atoms with E-state index in [1.165, 1.54) is 5.57 Å². The minimum absolute atomic E-state index is 0.0894. The lowest BCUT2D eigenvalue weighted by Crippen LogP contribution is -2.50. The number of hydrogen-bond acceptors (Lipinski definition) is 9. The number of nitrogens with zero attached hydrogens (tertiary/aromatic N) is 10. The van der Waals surface area contributed by atoms with Crippen molar-refractivity contribution in [1.29, 1.82) is 5.26 Å². The molecule has 6 aromatic rings. The molecule has 7 heterocycles. The molecule has 1 aliphatic carbocycles. The fraction of sp³-hybridized carbons (Fsp3) is 0.340. The summed E-state index contributed by atoms with van der Waals surface area (Å²) in [6.45, 7) is 10.9. The van der Waals surface area contributed by atoms with E-state index >= 15 is 0 Å². The number of pyridine rings is 3. The van der Waals surface area contributed by atoms with Gasteiger partial charge in [-0.2, -0.15) is 10.4 Å². The molecule has 0 bridgehead atoms. The van der Waals surface area contributed by atoms with E-state index in [4.69, 9.17) is 4.98 Å². The largest absolute Gasteiger partial charge is 0.369 e. The summed E-state index contributed by atoms with van der Waals surface area (Å²) in [7, 11) is 0. The molecule has 12 nitrogen and oxygen atoms in total. The minimum Gasteiger partial charge on any atom is -0.369 e. The van der Waals surface area contributed by atoms with Gasteiger partial charge in [-0.1, -0.05) is 42.8 Å². The van der Waals surface area contributed by atoms with Crippen molar-refractivity contribution < 1.29 is 14.0 Å². The van der Waals surface area contributed by atoms with Crippen LogP contribution in [-0.4, -0.2) is 107 Å². The number of benzene rings is 2. The van der Waals surface area contributed by atoms with Crippen LogP contribution in [-0.2, 0) is 22.4 Å². The first-order chi connectivity index (χ1) is 32.2. The second kappa shape index (κ2) is 18.1. The quantitative estimate of drug-likeness (QED) is 0.129. The van der Waals surface area contributed by atoms with E-state index in [9.17, 15) is 19.2 Å². The van der Waals surface area contributed by atoms with E-state index in [0.717, 1.165) is 102 Å². The molecule has 66 heavy (non-hydrogen) atoms. The molecule has 10 rings (SSSR count). The number of halogens is 1. The predicted octanol–water partition coefficient (Wildman–Crippen LogP) is 7.70. The Morgan fingerprint density at radius 1 is 0.742 bits per heavy atom. The molecule has 0 atom stereocenters. The second-order valence-corrected chi connectivity index (χ2v) is 18.2. The van der Waals surface area contributed by atoms with Crippen LogP contribution in [0, 0.1) is 35.9 Å². The van der Waals surface area contributed by atoms with Gasteiger partial charge in [-0.05, 0) is 91.4 Å². The van der Waals surface area contributed by atoms with Gasteiger partial charge >= 0.3 is 0 Å². The molecule has 3 aliphatic heterocycles. The number of amides is 2. The SMILES string of the molecule is CCc1ccc(CC(=O)N2CCN(c3ccc(-c4cc(-c5ccc(N6CCN(C(=O)CC7(C8=C[CH]8)CCN(c8ccc(C)cc8F)CC7)CC6)cc5)cn5ncc(C#N)c45)cn3)CC2)nc1. The third-order valence-electron chi connectivity index (χ3n) is 14.2. The van der Waals surface area contributed by atoms with Crippen molar-refractivity contribution in [3.05, 3.63) is 144 Å². The molecule has 4 aliphatic rings. The molecule has 335 valence electrons. The van der Waals surface area contributed by atoms with Crippen molar-refractivity contribution in [1.82, 2.24) is 29.4 Å². The molecule has 0 N–H and O–H groups in total. The normalized spacial score (nSPS) is 17.2. The minimum atomic E-state index is -0.183. The van der Waals surface area contributed by atoms with Crippen LogP contribution in [0.15, 0.2) is 109 Å². The molecule has 1 radical (unpaired) electrons. The lowest BCUT2D eigenvalue weighted by molar-refractivity contribution is -0.134. The Balaban J connectivity index is 0.766. The van der Waals surface area contributed by atoms with Crippen molar-refractivity contribution in [3.8, 4) is 28.3 Å². The zero-order valence-corrected chi connectivity index (χ0v) is 37.7. The Morgan fingerprint density at radius 2 is 1.45 bits per heavy atom. The van der Waals surface area contributed by atoms with Gasteiger partial charge in [-0.15, -0.1) is 0 Å². The van der Waals surface area contributed by atoms with Gasteiger partial charge in [0.1, 0.15) is 17.7 Å². The van der Waals surface area contributed by atoms with Gasteiger partial charge in [0.2, 0.25) is 11.8 Å². The maximum absolute atomic E-state index is 14.8. The summed E-state index contributed by atoms with van der Waals surface area (Å²) >= 11 is 0. The van der Waals surface area contributed by atoms with Gasteiger partial charge in [0, 0.05) is 130 Å². The molecular weight excluding hydrogens is 828 g/mol. The molecule has 3 saturated heterocycles. The number of aromatic nitrogens is 4. The highest BCUT2D eigenvalue weighted by Gasteiger charge is 2.44. The lowest BCUT2D eigenvalue weighted by atomic mass is 9.72. The predicted molar refractivity (Wildman–Crippen MR) is 255 cm³/mol. The van der Waals surface area contributed by atoms with Crippen molar-refractivity contribution in [3.63, 3.8) is 0 Å². The highest BCUT2D eigenvalue weighted by molar-refractivity contribution is 5.88. The zero-order chi connectivity index (χ0) is 45.4. The highest BCUT2D eigenvalue weighted by Crippen LogP contribution is 2.49. The van der Waals surface area contributed by atoms with Crippen LogP contribution in [0.5, 0.6) is 0 Å². The average molecular weight is 882 g/mol. The number of aryl methyl sites for hydroxylation is 2. The third kappa shape index (κ3) is 8.72. The first kappa shape index (κ1) is 42.9. The molecule has 0 saturated carbocycles. The topological polar surface area (TPSA) is 117 Å². The summed E-state index contributed by atoms with van der Waals surface area (Å²) in [6.07, 6.45) is 14.9. The number of rotatable bonds is 11. The Bertz CT molecular complexity index is 2830. The highest BCUT2D eigenvalue weighted by atomic mass is 19.1. The molecule has 0 spiro atoms. The number of carbonyl (C=O) groups excluding carboxylic acids is 2. The second-order valence-electron chi connectivity index (χ2n) is 18.2. The Labute approximate surface area is 385 Å². The van der Waals surface area contributed by atoms with Crippen molar-refractivity contribution in [2.24, 2.45) is 5.41 Å². The zero-order valence-electron chi connectivity index (χ0n) is 37.7. The van der Waals surface area contributed by atoms with Gasteiger partial charge in [0.15, 0.2) is 0 Å². The van der Waals surface area contributed by atoms with E-state index in [2.05, 4.69) is 80.6 Å². The number of hydrogen-bond donors (Lipinski definition) is 0. The van der Waals surface area contributed by atoms with Crippen LogP contribution in [0.2, 0.25) is 0 Å². The van der Waals surface area contributed by atoms with Crippen LogP contribution in [0.1, 0.15) is 48.6 Å². The van der Waals surface area contributed by atoms with Crippen molar-refractivity contribution in [2.75, 3.05) is 80.1 Å². The first-order valence-electron chi connectivity index (χ1n) is 23.2. The van der Waals surface area contributed by atoms with E-state index in [0.29, 0.717) is 63.4 Å². The average Bonchev–Trinajstić information content (AvgIpc) is 4.14. The summed E-state index contributed by atoms with van der Waals surface area (Å²) in [5, 5.41) is 14.6. The number of nitriles is 1. The van der Waals surface area contributed by atoms with Crippen LogP contribution in [0.4, 0.5) is 21.6 Å². The summed E-state index contributed by atoms with van der Waals surface area (Å²) < 4.78 is 16.6. The first-order valence-corrected chi connectivity index (χ1v) is 23.2. The van der Waals surface area contributed by atoms with E-state index in [-0.39, 0.29) is 23.0 Å². The maximum atomic E-state index is 14.8. The monoisotopic (exact) mass is 881 g/mol. The van der Waals surface area contributed by atoms with Crippen LogP contribution >= 0.6 is 0 Å². The number of piperidine rings is 1. The van der Waals surface area contributed by atoms with Gasteiger partial charge in [0.05, 0.1) is 29.4 Å². The maximum Gasteiger partial charge on any atom is 0.228 e. The summed E-state index contributed by atoms with van der Waals surface area (Å²) in [4.78, 5) is 46.9. The molecule has 2 amide bonds. The summed E-state index contributed by atoms with van der Waals surface area (Å²) in [6, 6.07) is 26.4. The van der Waals surface area contributed by atoms with E-state index in [1.807, 2.05) is 71.7 Å². The summed E-state index contributed by atoms with van der Waals surface area (Å²) in [5.74, 6) is 0.952. The van der Waals surface area contributed by atoms with Crippen molar-refractivity contribution in [2.45, 2.75) is 46.0 Å². The molecular formula is C53H54FN10O2. The molecule has 4 aromatic heterocycles. The standard InChI is InChI=1S/C53H54FN10O2/c1-3-38-5-11-44(56-33-38)30-50(65)62-26-22-61(23-27-62)49-15-8-40(34-57-49)46-29-41(36-64-52(46)42(32-55)35-58-64)39-6-12-45(13-7-39)59-20-24-63(25-21-59)51(66)31-53(43-9-10-43)16-18-60(19-17-53)48-14-4-37(2)28-47(48)54/h4-15,28-29,33-36H,3,16-27,30-31H2,1-2H3. The smallest absolute Gasteiger partial charge is 0.228 e. The van der Waals surface area contributed by atoms with Crippen LogP contribution in [0.3, 0.4) is 0 Å². The molecule has 0 unspecified atom stereocenters. The number of fused-ring (bicyclic) bond motifs is 1. The molecule has 3 fully saturated rings. The van der Waals surface area contributed by atoms with Gasteiger partial charge in [0.25, 0.3) is 0 Å². The molecule has 13 heteroatoms. The van der Waals surface area contributed by atoms with Gasteiger partial charge < -0.3 is 24.5 Å². The summed E-state index contributed by atoms with van der Waals surface area (Å²) in [5.41, 5.74) is 10.7. The molecule has 2 aromatic carbocycles.